The molecular formula is C17H21FN2O. The number of likely N-dealkylation sites (tertiary alicyclic amines) is 2. The molecule has 3 rings (SSSR count). The van der Waals surface area contributed by atoms with Gasteiger partial charge in [-0.1, -0.05) is 18.2 Å². The van der Waals surface area contributed by atoms with Crippen molar-refractivity contribution in [3.63, 3.8) is 0 Å². The molecule has 0 aromatic heterocycles. The van der Waals surface area contributed by atoms with E-state index in [1.54, 1.807) is 18.2 Å². The molecule has 21 heavy (non-hydrogen) atoms. The Morgan fingerprint density at radius 2 is 2.19 bits per heavy atom. The Kier molecular flexibility index (Phi) is 4.06. The lowest BCUT2D eigenvalue weighted by Gasteiger charge is -2.39. The molecular weight excluding hydrogens is 267 g/mol. The van der Waals surface area contributed by atoms with E-state index in [4.69, 9.17) is 0 Å². The Morgan fingerprint density at radius 1 is 1.33 bits per heavy atom. The molecule has 0 spiro atoms. The third-order valence-electron chi connectivity index (χ3n) is 4.60. The smallest absolute Gasteiger partial charge is 0.223 e. The first-order valence-corrected chi connectivity index (χ1v) is 7.58. The average molecular weight is 288 g/mol. The molecule has 1 aromatic carbocycles. The van der Waals surface area contributed by atoms with E-state index in [0.717, 1.165) is 31.5 Å². The molecule has 1 amide bonds. The molecule has 4 heteroatoms. The van der Waals surface area contributed by atoms with Gasteiger partial charge in [-0.15, -0.1) is 6.58 Å². The van der Waals surface area contributed by atoms with E-state index in [9.17, 15) is 9.18 Å². The van der Waals surface area contributed by atoms with Crippen LogP contribution in [-0.2, 0) is 11.3 Å². The van der Waals surface area contributed by atoms with Crippen molar-refractivity contribution < 1.29 is 9.18 Å². The molecule has 112 valence electrons. The van der Waals surface area contributed by atoms with E-state index < -0.39 is 0 Å². The minimum absolute atomic E-state index is 0.185. The van der Waals surface area contributed by atoms with Crippen LogP contribution in [0.25, 0.3) is 0 Å². The Labute approximate surface area is 125 Å². The molecule has 0 saturated carbocycles. The van der Waals surface area contributed by atoms with Gasteiger partial charge in [0.2, 0.25) is 5.91 Å². The lowest BCUT2D eigenvalue weighted by Crippen LogP contribution is -2.52. The van der Waals surface area contributed by atoms with E-state index in [0.29, 0.717) is 19.0 Å². The van der Waals surface area contributed by atoms with E-state index in [1.807, 2.05) is 11.0 Å². The summed E-state index contributed by atoms with van der Waals surface area (Å²) in [5.41, 5.74) is 1.00. The molecule has 2 aliphatic rings. The fraction of sp³-hybridized carbons (Fsp3) is 0.471. The summed E-state index contributed by atoms with van der Waals surface area (Å²) in [6.45, 7) is 6.11. The lowest BCUT2D eigenvalue weighted by atomic mass is 9.96. The standard InChI is InChI=1S/C17H21FN2O/c1-2-9-20-16-8-10-19(15(16)6-7-17(20)21)12-13-4-3-5-14(18)11-13/h2-5,11,15-16H,1,6-10,12H2/t15-,16-/m0/s1. The molecule has 3 nitrogen and oxygen atoms in total. The van der Waals surface area contributed by atoms with Crippen LogP contribution in [0.15, 0.2) is 36.9 Å². The Balaban J connectivity index is 1.72. The normalized spacial score (nSPS) is 26.0. The van der Waals surface area contributed by atoms with Gasteiger partial charge in [-0.3, -0.25) is 9.69 Å². The Hall–Kier alpha value is -1.68. The van der Waals surface area contributed by atoms with Crippen molar-refractivity contribution in [3.8, 4) is 0 Å². The summed E-state index contributed by atoms with van der Waals surface area (Å²) >= 11 is 0. The number of piperidine rings is 1. The van der Waals surface area contributed by atoms with Gasteiger partial charge in [0.25, 0.3) is 0 Å². The van der Waals surface area contributed by atoms with Crippen LogP contribution in [-0.4, -0.2) is 40.9 Å². The molecule has 2 heterocycles. The second-order valence-electron chi connectivity index (χ2n) is 5.90. The highest BCUT2D eigenvalue weighted by Crippen LogP contribution is 2.32. The average Bonchev–Trinajstić information content (AvgIpc) is 2.85. The first-order chi connectivity index (χ1) is 10.2. The third-order valence-corrected chi connectivity index (χ3v) is 4.60. The van der Waals surface area contributed by atoms with Gasteiger partial charge < -0.3 is 4.90 Å². The van der Waals surface area contributed by atoms with Crippen molar-refractivity contribution >= 4 is 5.91 Å². The number of nitrogens with zero attached hydrogens (tertiary/aromatic N) is 2. The highest BCUT2D eigenvalue weighted by molar-refractivity contribution is 5.78. The first kappa shape index (κ1) is 14.3. The predicted octanol–water partition coefficient (Wildman–Crippen LogP) is 2.58. The van der Waals surface area contributed by atoms with Gasteiger partial charge in [0.05, 0.1) is 0 Å². The highest BCUT2D eigenvalue weighted by atomic mass is 19.1. The second kappa shape index (κ2) is 5.98. The van der Waals surface area contributed by atoms with E-state index in [1.165, 1.54) is 6.07 Å². The Morgan fingerprint density at radius 3 is 2.95 bits per heavy atom. The van der Waals surface area contributed by atoms with Crippen LogP contribution in [0.1, 0.15) is 24.8 Å². The van der Waals surface area contributed by atoms with Gasteiger partial charge in [0.15, 0.2) is 0 Å². The first-order valence-electron chi connectivity index (χ1n) is 7.58. The van der Waals surface area contributed by atoms with Crippen molar-refractivity contribution in [3.05, 3.63) is 48.3 Å². The minimum Gasteiger partial charge on any atom is -0.334 e. The maximum absolute atomic E-state index is 13.3. The van der Waals surface area contributed by atoms with E-state index >= 15 is 0 Å². The van der Waals surface area contributed by atoms with Crippen molar-refractivity contribution in [1.29, 1.82) is 0 Å². The highest BCUT2D eigenvalue weighted by Gasteiger charge is 2.42. The van der Waals surface area contributed by atoms with Crippen molar-refractivity contribution in [2.75, 3.05) is 13.1 Å². The summed E-state index contributed by atoms with van der Waals surface area (Å²) in [5, 5.41) is 0. The number of rotatable bonds is 4. The van der Waals surface area contributed by atoms with Gasteiger partial charge in [-0.05, 0) is 30.5 Å². The zero-order valence-corrected chi connectivity index (χ0v) is 12.2. The van der Waals surface area contributed by atoms with Crippen LogP contribution in [0.3, 0.4) is 0 Å². The predicted molar refractivity (Wildman–Crippen MR) is 80.1 cm³/mol. The van der Waals surface area contributed by atoms with E-state index in [-0.39, 0.29) is 17.8 Å². The molecule has 2 aliphatic heterocycles. The number of carbonyl (C=O) groups excluding carboxylic acids is 1. The van der Waals surface area contributed by atoms with Crippen LogP contribution in [0, 0.1) is 5.82 Å². The van der Waals surface area contributed by atoms with Crippen LogP contribution < -0.4 is 0 Å². The minimum atomic E-state index is -0.185. The number of hydrogen-bond donors (Lipinski definition) is 0. The van der Waals surface area contributed by atoms with Gasteiger partial charge in [0.1, 0.15) is 5.82 Å². The van der Waals surface area contributed by atoms with Crippen LogP contribution >= 0.6 is 0 Å². The fourth-order valence-electron chi connectivity index (χ4n) is 3.68. The molecule has 0 N–H and O–H groups in total. The second-order valence-corrected chi connectivity index (χ2v) is 5.90. The topological polar surface area (TPSA) is 23.6 Å². The van der Waals surface area contributed by atoms with Gasteiger partial charge in [-0.2, -0.15) is 0 Å². The lowest BCUT2D eigenvalue weighted by molar-refractivity contribution is -0.136. The summed E-state index contributed by atoms with van der Waals surface area (Å²) in [5.74, 6) is 0.0547. The molecule has 2 atom stereocenters. The van der Waals surface area contributed by atoms with Crippen LogP contribution in [0.5, 0.6) is 0 Å². The largest absolute Gasteiger partial charge is 0.334 e. The molecule has 0 bridgehead atoms. The van der Waals surface area contributed by atoms with Crippen molar-refractivity contribution in [2.24, 2.45) is 0 Å². The number of hydrogen-bond acceptors (Lipinski definition) is 2. The van der Waals surface area contributed by atoms with Gasteiger partial charge in [0, 0.05) is 38.1 Å². The molecule has 0 unspecified atom stereocenters. The number of carbonyl (C=O) groups is 1. The summed E-state index contributed by atoms with van der Waals surface area (Å²) in [6.07, 6.45) is 4.32. The number of amides is 1. The summed E-state index contributed by atoms with van der Waals surface area (Å²) in [4.78, 5) is 16.4. The monoisotopic (exact) mass is 288 g/mol. The fourth-order valence-corrected chi connectivity index (χ4v) is 3.68. The van der Waals surface area contributed by atoms with Crippen molar-refractivity contribution in [2.45, 2.75) is 37.9 Å². The number of halogens is 1. The van der Waals surface area contributed by atoms with Crippen LogP contribution in [0.4, 0.5) is 4.39 Å². The number of benzene rings is 1. The zero-order chi connectivity index (χ0) is 14.8. The Bertz CT molecular complexity index is 545. The molecule has 1 aromatic rings. The molecule has 0 aliphatic carbocycles. The molecule has 0 radical (unpaired) electrons. The SMILES string of the molecule is C=CCN1C(=O)CC[C@H]2[C@@H]1CCN2Cc1cccc(F)c1. The summed E-state index contributed by atoms with van der Waals surface area (Å²) in [6, 6.07) is 7.48. The maximum Gasteiger partial charge on any atom is 0.223 e. The van der Waals surface area contributed by atoms with Crippen molar-refractivity contribution in [1.82, 2.24) is 9.80 Å². The summed E-state index contributed by atoms with van der Waals surface area (Å²) in [7, 11) is 0. The number of fused-ring (bicyclic) bond motifs is 1. The quantitative estimate of drug-likeness (QED) is 0.795. The maximum atomic E-state index is 13.3. The van der Waals surface area contributed by atoms with Gasteiger partial charge >= 0.3 is 0 Å². The summed E-state index contributed by atoms with van der Waals surface area (Å²) < 4.78 is 13.3. The molecule has 2 saturated heterocycles. The van der Waals surface area contributed by atoms with E-state index in [2.05, 4.69) is 11.5 Å². The van der Waals surface area contributed by atoms with Crippen LogP contribution in [0.2, 0.25) is 0 Å². The van der Waals surface area contributed by atoms with Gasteiger partial charge in [-0.25, -0.2) is 4.39 Å². The molecule has 2 fully saturated rings. The zero-order valence-electron chi connectivity index (χ0n) is 12.2. The third kappa shape index (κ3) is 2.86.